The summed E-state index contributed by atoms with van der Waals surface area (Å²) in [6, 6.07) is 3.10. The van der Waals surface area contributed by atoms with Gasteiger partial charge >= 0.3 is 5.97 Å². The number of aliphatic carboxylic acids is 1. The lowest BCUT2D eigenvalue weighted by Crippen LogP contribution is -2.42. The molecule has 1 atom stereocenters. The first kappa shape index (κ1) is 16.0. The lowest BCUT2D eigenvalue weighted by atomic mass is 10.1. The molecule has 1 aromatic rings. The van der Waals surface area contributed by atoms with Crippen LogP contribution in [-0.4, -0.2) is 41.6 Å². The average Bonchev–Trinajstić information content (AvgIpc) is 2.35. The molecule has 0 radical (unpaired) electrons. The molecule has 0 aliphatic rings. The van der Waals surface area contributed by atoms with Gasteiger partial charge in [0.2, 0.25) is 0 Å². The monoisotopic (exact) mass is 279 g/mol. The maximum Gasteiger partial charge on any atom is 0.326 e. The van der Waals surface area contributed by atoms with Crippen LogP contribution in [-0.2, 0) is 9.59 Å². The maximum absolute atomic E-state index is 11.9. The summed E-state index contributed by atoms with van der Waals surface area (Å²) in [6.45, 7) is 7.13. The largest absolute Gasteiger partial charge is 0.483 e. The first-order valence-corrected chi connectivity index (χ1v) is 6.43. The van der Waals surface area contributed by atoms with Gasteiger partial charge in [0, 0.05) is 7.05 Å². The summed E-state index contributed by atoms with van der Waals surface area (Å²) >= 11 is 0. The zero-order valence-corrected chi connectivity index (χ0v) is 12.6. The second-order valence-electron chi connectivity index (χ2n) is 5.04. The third-order valence-electron chi connectivity index (χ3n) is 3.28. The fraction of sp³-hybridized carbons (Fsp3) is 0.467. The molecule has 0 aliphatic carbocycles. The Kier molecular flexibility index (Phi) is 5.13. The SMILES string of the molecule is Cc1cc(C)c(OCC(=O)N(C)C(C)C(=O)O)c(C)c1. The van der Waals surface area contributed by atoms with Crippen molar-refractivity contribution in [3.63, 3.8) is 0 Å². The Morgan fingerprint density at radius 3 is 2.20 bits per heavy atom. The van der Waals surface area contributed by atoms with E-state index in [1.807, 2.05) is 32.9 Å². The van der Waals surface area contributed by atoms with E-state index in [0.29, 0.717) is 5.75 Å². The maximum atomic E-state index is 11.9. The molecule has 1 rings (SSSR count). The number of hydrogen-bond acceptors (Lipinski definition) is 3. The van der Waals surface area contributed by atoms with Gasteiger partial charge in [-0.25, -0.2) is 4.79 Å². The van der Waals surface area contributed by atoms with Gasteiger partial charge in [-0.15, -0.1) is 0 Å². The quantitative estimate of drug-likeness (QED) is 0.894. The predicted octanol–water partition coefficient (Wildman–Crippen LogP) is 1.92. The van der Waals surface area contributed by atoms with E-state index >= 15 is 0 Å². The molecule has 0 bridgehead atoms. The first-order chi connectivity index (χ1) is 9.23. The molecule has 0 spiro atoms. The van der Waals surface area contributed by atoms with Crippen molar-refractivity contribution in [1.82, 2.24) is 4.90 Å². The van der Waals surface area contributed by atoms with Crippen LogP contribution < -0.4 is 4.74 Å². The highest BCUT2D eigenvalue weighted by Crippen LogP contribution is 2.24. The first-order valence-electron chi connectivity index (χ1n) is 6.43. The minimum absolute atomic E-state index is 0.168. The Morgan fingerprint density at radius 2 is 1.75 bits per heavy atom. The molecule has 1 N–H and O–H groups in total. The Bertz CT molecular complexity index is 502. The van der Waals surface area contributed by atoms with Crippen LogP contribution in [0.1, 0.15) is 23.6 Å². The fourth-order valence-electron chi connectivity index (χ4n) is 2.01. The van der Waals surface area contributed by atoms with Gasteiger partial charge in [-0.05, 0) is 38.8 Å². The van der Waals surface area contributed by atoms with Crippen molar-refractivity contribution in [2.45, 2.75) is 33.7 Å². The number of carbonyl (C=O) groups is 2. The van der Waals surface area contributed by atoms with Crippen molar-refractivity contribution >= 4 is 11.9 Å². The van der Waals surface area contributed by atoms with Crippen LogP contribution in [0.2, 0.25) is 0 Å². The van der Waals surface area contributed by atoms with E-state index in [-0.39, 0.29) is 12.5 Å². The third-order valence-corrected chi connectivity index (χ3v) is 3.28. The van der Waals surface area contributed by atoms with Crippen LogP contribution >= 0.6 is 0 Å². The number of amides is 1. The van der Waals surface area contributed by atoms with Crippen LogP contribution in [0.25, 0.3) is 0 Å². The third kappa shape index (κ3) is 3.73. The number of carboxylic acids is 1. The molecule has 0 heterocycles. The zero-order valence-electron chi connectivity index (χ0n) is 12.6. The number of carbonyl (C=O) groups excluding carboxylic acids is 1. The van der Waals surface area contributed by atoms with Crippen LogP contribution in [0.3, 0.4) is 0 Å². The Labute approximate surface area is 119 Å². The molecule has 1 aromatic carbocycles. The summed E-state index contributed by atoms with van der Waals surface area (Å²) in [5.74, 6) is -0.719. The van der Waals surface area contributed by atoms with E-state index in [0.717, 1.165) is 16.7 Å². The topological polar surface area (TPSA) is 66.8 Å². The molecule has 1 unspecified atom stereocenters. The van der Waals surface area contributed by atoms with Crippen LogP contribution in [0.4, 0.5) is 0 Å². The normalized spacial score (nSPS) is 11.8. The lowest BCUT2D eigenvalue weighted by molar-refractivity contribution is -0.148. The molecule has 0 aromatic heterocycles. The second-order valence-corrected chi connectivity index (χ2v) is 5.04. The molecule has 0 saturated heterocycles. The Balaban J connectivity index is 2.73. The smallest absolute Gasteiger partial charge is 0.326 e. The molecule has 0 saturated carbocycles. The second kappa shape index (κ2) is 6.41. The number of benzene rings is 1. The molecule has 20 heavy (non-hydrogen) atoms. The number of nitrogens with zero attached hydrogens (tertiary/aromatic N) is 1. The van der Waals surface area contributed by atoms with E-state index in [1.165, 1.54) is 18.9 Å². The summed E-state index contributed by atoms with van der Waals surface area (Å²) in [4.78, 5) is 23.9. The predicted molar refractivity (Wildman–Crippen MR) is 76.0 cm³/mol. The molecule has 110 valence electrons. The van der Waals surface area contributed by atoms with Gasteiger partial charge in [0.05, 0.1) is 0 Å². The summed E-state index contributed by atoms with van der Waals surface area (Å²) in [7, 11) is 1.46. The van der Waals surface area contributed by atoms with E-state index in [2.05, 4.69) is 0 Å². The number of rotatable bonds is 5. The van der Waals surface area contributed by atoms with E-state index in [1.54, 1.807) is 0 Å². The standard InChI is InChI=1S/C15H21NO4/c1-9-6-10(2)14(11(3)7-9)20-8-13(17)16(5)12(4)15(18)19/h6-7,12H,8H2,1-5H3,(H,18,19). The number of carboxylic acid groups (broad SMARTS) is 1. The molecule has 5 nitrogen and oxygen atoms in total. The highest BCUT2D eigenvalue weighted by molar-refractivity contribution is 5.84. The summed E-state index contributed by atoms with van der Waals surface area (Å²) < 4.78 is 5.55. The van der Waals surface area contributed by atoms with Crippen molar-refractivity contribution in [3.8, 4) is 5.75 Å². The molecular weight excluding hydrogens is 258 g/mol. The Morgan fingerprint density at radius 1 is 1.25 bits per heavy atom. The number of ether oxygens (including phenoxy) is 1. The number of aryl methyl sites for hydroxylation is 3. The molecule has 5 heteroatoms. The van der Waals surface area contributed by atoms with Gasteiger partial charge in [0.15, 0.2) is 6.61 Å². The van der Waals surface area contributed by atoms with Gasteiger partial charge in [-0.2, -0.15) is 0 Å². The van der Waals surface area contributed by atoms with E-state index in [9.17, 15) is 9.59 Å². The minimum Gasteiger partial charge on any atom is -0.483 e. The van der Waals surface area contributed by atoms with Gasteiger partial charge in [-0.3, -0.25) is 4.79 Å². The minimum atomic E-state index is -1.04. The van der Waals surface area contributed by atoms with Gasteiger partial charge in [-0.1, -0.05) is 17.7 Å². The van der Waals surface area contributed by atoms with E-state index in [4.69, 9.17) is 9.84 Å². The summed E-state index contributed by atoms with van der Waals surface area (Å²) in [5, 5.41) is 8.87. The summed E-state index contributed by atoms with van der Waals surface area (Å²) in [5.41, 5.74) is 3.06. The van der Waals surface area contributed by atoms with Gasteiger partial charge < -0.3 is 14.7 Å². The van der Waals surface area contributed by atoms with Crippen molar-refractivity contribution in [2.24, 2.45) is 0 Å². The average molecular weight is 279 g/mol. The molecule has 0 aliphatic heterocycles. The van der Waals surface area contributed by atoms with Gasteiger partial charge in [0.25, 0.3) is 5.91 Å². The summed E-state index contributed by atoms with van der Waals surface area (Å²) in [6.07, 6.45) is 0. The van der Waals surface area contributed by atoms with Crippen molar-refractivity contribution < 1.29 is 19.4 Å². The molecule has 1 amide bonds. The van der Waals surface area contributed by atoms with Crippen LogP contribution in [0, 0.1) is 20.8 Å². The highest BCUT2D eigenvalue weighted by atomic mass is 16.5. The zero-order chi connectivity index (χ0) is 15.4. The van der Waals surface area contributed by atoms with Crippen molar-refractivity contribution in [2.75, 3.05) is 13.7 Å². The molecule has 0 fully saturated rings. The Hall–Kier alpha value is -2.04. The number of likely N-dealkylation sites (N-methyl/N-ethyl adjacent to an activating group) is 1. The lowest BCUT2D eigenvalue weighted by Gasteiger charge is -2.22. The highest BCUT2D eigenvalue weighted by Gasteiger charge is 2.22. The van der Waals surface area contributed by atoms with Crippen LogP contribution in [0.5, 0.6) is 5.75 Å². The van der Waals surface area contributed by atoms with E-state index < -0.39 is 12.0 Å². The fourth-order valence-corrected chi connectivity index (χ4v) is 2.01. The van der Waals surface area contributed by atoms with Gasteiger partial charge in [0.1, 0.15) is 11.8 Å². The van der Waals surface area contributed by atoms with Crippen LogP contribution in [0.15, 0.2) is 12.1 Å². The molecular formula is C15H21NO4. The van der Waals surface area contributed by atoms with Crippen molar-refractivity contribution in [1.29, 1.82) is 0 Å². The van der Waals surface area contributed by atoms with Crippen molar-refractivity contribution in [3.05, 3.63) is 28.8 Å². The number of hydrogen-bond donors (Lipinski definition) is 1.